The molecule has 5 heteroatoms. The van der Waals surface area contributed by atoms with E-state index in [1.165, 1.54) is 0 Å². The van der Waals surface area contributed by atoms with Crippen LogP contribution in [-0.2, 0) is 0 Å². The van der Waals surface area contributed by atoms with E-state index in [2.05, 4.69) is 24.1 Å². The fourth-order valence-corrected chi connectivity index (χ4v) is 2.70. The van der Waals surface area contributed by atoms with Crippen molar-refractivity contribution in [3.8, 4) is 0 Å². The molecule has 1 fully saturated rings. The molecule has 0 radical (unpaired) electrons. The Labute approximate surface area is 113 Å². The molecule has 1 aliphatic heterocycles. The van der Waals surface area contributed by atoms with Gasteiger partial charge in [0.25, 0.3) is 0 Å². The molecule has 1 aliphatic rings. The van der Waals surface area contributed by atoms with E-state index in [9.17, 15) is 8.78 Å². The van der Waals surface area contributed by atoms with Gasteiger partial charge in [-0.15, -0.1) is 0 Å². The zero-order chi connectivity index (χ0) is 14.0. The molecule has 19 heavy (non-hydrogen) atoms. The summed E-state index contributed by atoms with van der Waals surface area (Å²) in [5, 5.41) is 2.83. The summed E-state index contributed by atoms with van der Waals surface area (Å²) < 4.78 is 27.6. The average Bonchev–Trinajstić information content (AvgIpc) is 2.81. The lowest BCUT2D eigenvalue weighted by Crippen LogP contribution is -2.34. The summed E-state index contributed by atoms with van der Waals surface area (Å²) in [5.74, 6) is -0.381. The second-order valence-corrected chi connectivity index (χ2v) is 5.30. The minimum atomic E-state index is -0.636. The number of pyridine rings is 1. The number of hydrogen-bond acceptors (Lipinski definition) is 3. The van der Waals surface area contributed by atoms with E-state index in [0.29, 0.717) is 12.5 Å². The average molecular weight is 269 g/mol. The lowest BCUT2D eigenvalue weighted by atomic mass is 10.0. The van der Waals surface area contributed by atoms with Crippen LogP contribution in [0.3, 0.4) is 0 Å². The number of anilines is 2. The van der Waals surface area contributed by atoms with Gasteiger partial charge < -0.3 is 10.2 Å². The molecule has 1 saturated heterocycles. The van der Waals surface area contributed by atoms with Crippen LogP contribution in [0.2, 0.25) is 0 Å². The van der Waals surface area contributed by atoms with Crippen molar-refractivity contribution in [2.45, 2.75) is 39.7 Å². The van der Waals surface area contributed by atoms with Crippen molar-refractivity contribution >= 4 is 11.6 Å². The molecule has 0 aliphatic carbocycles. The molecule has 3 nitrogen and oxygen atoms in total. The maximum atomic E-state index is 14.0. The molecule has 1 N–H and O–H groups in total. The highest BCUT2D eigenvalue weighted by Gasteiger charge is 2.30. The monoisotopic (exact) mass is 269 g/mol. The summed E-state index contributed by atoms with van der Waals surface area (Å²) in [6.45, 7) is 7.44. The van der Waals surface area contributed by atoms with Crippen LogP contribution >= 0.6 is 0 Å². The number of hydrogen-bond donors (Lipinski definition) is 1. The second-order valence-electron chi connectivity index (χ2n) is 5.30. The van der Waals surface area contributed by atoms with Gasteiger partial charge >= 0.3 is 0 Å². The van der Waals surface area contributed by atoms with Gasteiger partial charge in [-0.3, -0.25) is 0 Å². The van der Waals surface area contributed by atoms with Crippen molar-refractivity contribution < 1.29 is 8.78 Å². The first kappa shape index (κ1) is 14.0. The molecule has 2 rings (SSSR count). The molecule has 0 aromatic carbocycles. The zero-order valence-corrected chi connectivity index (χ0v) is 11.7. The Morgan fingerprint density at radius 3 is 2.79 bits per heavy atom. The number of nitrogens with zero attached hydrogens (tertiary/aromatic N) is 2. The highest BCUT2D eigenvalue weighted by Crippen LogP contribution is 2.31. The summed E-state index contributed by atoms with van der Waals surface area (Å²) in [6.07, 6.45) is 2.06. The fraction of sp³-hybridized carbons (Fsp3) is 0.643. The molecule has 0 bridgehead atoms. The Balaban J connectivity index is 2.35. The Bertz CT molecular complexity index is 449. The lowest BCUT2D eigenvalue weighted by Gasteiger charge is -2.29. The molecule has 0 spiro atoms. The molecule has 1 aromatic rings. The third-order valence-electron chi connectivity index (χ3n) is 3.60. The van der Waals surface area contributed by atoms with E-state index < -0.39 is 11.6 Å². The molecule has 0 amide bonds. The summed E-state index contributed by atoms with van der Waals surface area (Å²) >= 11 is 0. The van der Waals surface area contributed by atoms with Gasteiger partial charge in [-0.1, -0.05) is 13.8 Å². The zero-order valence-electron chi connectivity index (χ0n) is 11.7. The summed E-state index contributed by atoms with van der Waals surface area (Å²) in [5.41, 5.74) is 0. The third kappa shape index (κ3) is 2.80. The summed E-state index contributed by atoms with van der Waals surface area (Å²) in [4.78, 5) is 6.11. The Kier molecular flexibility index (Phi) is 4.22. The van der Waals surface area contributed by atoms with Gasteiger partial charge in [-0.2, -0.15) is 0 Å². The molecule has 106 valence electrons. The molecule has 1 unspecified atom stereocenters. The minimum Gasteiger partial charge on any atom is -0.368 e. The first-order valence-corrected chi connectivity index (χ1v) is 6.91. The Morgan fingerprint density at radius 1 is 1.42 bits per heavy atom. The van der Waals surface area contributed by atoms with E-state index in [4.69, 9.17) is 0 Å². The standard InChI is InChI=1S/C14H21F2N3/c1-4-17-13-10(15)8-11(16)14(18-13)19-7-5-6-12(19)9(2)3/h8-9,12H,4-7H2,1-3H3,(H,17,18). The van der Waals surface area contributed by atoms with Crippen LogP contribution in [0.25, 0.3) is 0 Å². The van der Waals surface area contributed by atoms with Gasteiger partial charge in [-0.25, -0.2) is 13.8 Å². The van der Waals surface area contributed by atoms with E-state index in [-0.39, 0.29) is 17.7 Å². The van der Waals surface area contributed by atoms with Crippen molar-refractivity contribution in [1.82, 2.24) is 4.98 Å². The molecular formula is C14H21F2N3. The number of rotatable bonds is 4. The lowest BCUT2D eigenvalue weighted by molar-refractivity contribution is 0.480. The maximum absolute atomic E-state index is 14.0. The van der Waals surface area contributed by atoms with Crippen molar-refractivity contribution in [3.05, 3.63) is 17.7 Å². The quantitative estimate of drug-likeness (QED) is 0.907. The van der Waals surface area contributed by atoms with Crippen LogP contribution in [0.1, 0.15) is 33.6 Å². The largest absolute Gasteiger partial charge is 0.368 e. The van der Waals surface area contributed by atoms with Crippen molar-refractivity contribution in [2.24, 2.45) is 5.92 Å². The predicted octanol–water partition coefficient (Wildman–Crippen LogP) is 3.42. The highest BCUT2D eigenvalue weighted by atomic mass is 19.1. The molecular weight excluding hydrogens is 248 g/mol. The molecule has 2 heterocycles. The molecule has 0 saturated carbocycles. The van der Waals surface area contributed by atoms with Gasteiger partial charge in [0.2, 0.25) is 0 Å². The summed E-state index contributed by atoms with van der Waals surface area (Å²) in [7, 11) is 0. The van der Waals surface area contributed by atoms with E-state index >= 15 is 0 Å². The van der Waals surface area contributed by atoms with Crippen molar-refractivity contribution in [3.63, 3.8) is 0 Å². The highest BCUT2D eigenvalue weighted by molar-refractivity contribution is 5.50. The van der Waals surface area contributed by atoms with Crippen LogP contribution in [0.15, 0.2) is 6.07 Å². The first-order valence-electron chi connectivity index (χ1n) is 6.91. The SMILES string of the molecule is CCNc1nc(N2CCCC2C(C)C)c(F)cc1F. The summed E-state index contributed by atoms with van der Waals surface area (Å²) in [6, 6.07) is 1.21. The third-order valence-corrected chi connectivity index (χ3v) is 3.60. The van der Waals surface area contributed by atoms with Gasteiger partial charge in [0.1, 0.15) is 0 Å². The van der Waals surface area contributed by atoms with Crippen molar-refractivity contribution in [1.29, 1.82) is 0 Å². The van der Waals surface area contributed by atoms with Gasteiger partial charge in [0.15, 0.2) is 23.3 Å². The maximum Gasteiger partial charge on any atom is 0.168 e. The second kappa shape index (κ2) is 5.72. The molecule has 1 atom stereocenters. The van der Waals surface area contributed by atoms with E-state index in [1.807, 2.05) is 11.8 Å². The van der Waals surface area contributed by atoms with Crippen LogP contribution < -0.4 is 10.2 Å². The van der Waals surface area contributed by atoms with Crippen molar-refractivity contribution in [2.75, 3.05) is 23.3 Å². The number of nitrogens with one attached hydrogen (secondary N) is 1. The Morgan fingerprint density at radius 2 is 2.16 bits per heavy atom. The van der Waals surface area contributed by atoms with E-state index in [1.54, 1.807) is 0 Å². The normalized spacial score (nSPS) is 19.3. The molecule has 1 aromatic heterocycles. The van der Waals surface area contributed by atoms with Gasteiger partial charge in [-0.05, 0) is 25.7 Å². The minimum absolute atomic E-state index is 0.133. The topological polar surface area (TPSA) is 28.2 Å². The van der Waals surface area contributed by atoms with Crippen LogP contribution in [0.4, 0.5) is 20.4 Å². The number of aromatic nitrogens is 1. The fourth-order valence-electron chi connectivity index (χ4n) is 2.70. The number of halogens is 2. The smallest absolute Gasteiger partial charge is 0.168 e. The van der Waals surface area contributed by atoms with Crippen LogP contribution in [-0.4, -0.2) is 24.1 Å². The predicted molar refractivity (Wildman–Crippen MR) is 73.5 cm³/mol. The van der Waals surface area contributed by atoms with Crippen LogP contribution in [0.5, 0.6) is 0 Å². The van der Waals surface area contributed by atoms with Gasteiger partial charge in [0.05, 0.1) is 0 Å². The van der Waals surface area contributed by atoms with E-state index in [0.717, 1.165) is 25.5 Å². The van der Waals surface area contributed by atoms with Gasteiger partial charge in [0, 0.05) is 25.2 Å². The van der Waals surface area contributed by atoms with Crippen LogP contribution in [0, 0.1) is 17.6 Å². The Hall–Kier alpha value is -1.39. The first-order chi connectivity index (χ1) is 9.04.